The zero-order valence-electron chi connectivity index (χ0n) is 11.0. The number of benzene rings is 1. The van der Waals surface area contributed by atoms with E-state index in [9.17, 15) is 0 Å². The van der Waals surface area contributed by atoms with Crippen LogP contribution < -0.4 is 5.73 Å². The first-order valence-electron chi connectivity index (χ1n) is 5.86. The van der Waals surface area contributed by atoms with E-state index in [2.05, 4.69) is 36.7 Å². The molecule has 0 aliphatic carbocycles. The number of hydrogen-bond donors (Lipinski definition) is 1. The second-order valence-electron chi connectivity index (χ2n) is 6.10. The zero-order valence-corrected chi connectivity index (χ0v) is 13.3. The molecule has 0 radical (unpaired) electrons. The molecule has 96 valence electrons. The van der Waals surface area contributed by atoms with E-state index >= 15 is 0 Å². The first-order chi connectivity index (χ1) is 7.62. The smallest absolute Gasteiger partial charge is 0.0467 e. The molecule has 1 aromatic carbocycles. The van der Waals surface area contributed by atoms with Crippen molar-refractivity contribution >= 4 is 27.5 Å². The fraction of sp³-hybridized carbons (Fsp3) is 0.571. The van der Waals surface area contributed by atoms with Crippen molar-refractivity contribution in [1.82, 2.24) is 0 Å². The summed E-state index contributed by atoms with van der Waals surface area (Å²) in [4.78, 5) is 0. The topological polar surface area (TPSA) is 26.0 Å². The summed E-state index contributed by atoms with van der Waals surface area (Å²) in [7, 11) is 0. The average Bonchev–Trinajstić information content (AvgIpc) is 2.13. The molecular weight excluding hydrogens is 298 g/mol. The maximum atomic E-state index is 6.40. The van der Waals surface area contributed by atoms with Gasteiger partial charge in [-0.25, -0.2) is 0 Å². The van der Waals surface area contributed by atoms with Crippen molar-refractivity contribution in [1.29, 1.82) is 0 Å². The lowest BCUT2D eigenvalue weighted by molar-refractivity contribution is 0.307. The van der Waals surface area contributed by atoms with Crippen LogP contribution in [0.25, 0.3) is 0 Å². The van der Waals surface area contributed by atoms with E-state index < -0.39 is 0 Å². The highest BCUT2D eigenvalue weighted by atomic mass is 79.9. The molecule has 1 nitrogen and oxygen atoms in total. The Kier molecular flexibility index (Phi) is 4.67. The molecule has 1 rings (SSSR count). The largest absolute Gasteiger partial charge is 0.322 e. The molecule has 2 N–H and O–H groups in total. The van der Waals surface area contributed by atoms with Gasteiger partial charge in [-0.3, -0.25) is 0 Å². The number of hydrogen-bond acceptors (Lipinski definition) is 1. The van der Waals surface area contributed by atoms with Gasteiger partial charge in [0, 0.05) is 15.0 Å². The number of nitrogens with two attached hydrogens (primary N) is 1. The van der Waals surface area contributed by atoms with Crippen LogP contribution in [0, 0.1) is 5.41 Å². The van der Waals surface area contributed by atoms with E-state index in [1.54, 1.807) is 0 Å². The van der Waals surface area contributed by atoms with Crippen LogP contribution in [0.1, 0.15) is 46.1 Å². The summed E-state index contributed by atoms with van der Waals surface area (Å²) in [6, 6.07) is 5.90. The normalized spacial score (nSPS) is 15.7. The number of rotatable bonds is 3. The van der Waals surface area contributed by atoms with Gasteiger partial charge in [0.25, 0.3) is 0 Å². The van der Waals surface area contributed by atoms with Crippen LogP contribution in [-0.2, 0) is 5.54 Å². The van der Waals surface area contributed by atoms with Crippen molar-refractivity contribution in [2.45, 2.75) is 46.1 Å². The first kappa shape index (κ1) is 15.0. The second-order valence-corrected chi connectivity index (χ2v) is 7.43. The summed E-state index contributed by atoms with van der Waals surface area (Å²) in [5.74, 6) is 0. The molecule has 0 bridgehead atoms. The van der Waals surface area contributed by atoms with Gasteiger partial charge in [-0.05, 0) is 42.9 Å². The predicted octanol–water partition coefficient (Wildman–Crippen LogP) is 5.10. The molecule has 0 aromatic heterocycles. The van der Waals surface area contributed by atoms with Crippen LogP contribution in [0.3, 0.4) is 0 Å². The summed E-state index contributed by atoms with van der Waals surface area (Å²) in [5.41, 5.74) is 7.34. The summed E-state index contributed by atoms with van der Waals surface area (Å²) in [5, 5.41) is 0.735. The molecule has 0 spiro atoms. The summed E-state index contributed by atoms with van der Waals surface area (Å²) in [6.07, 6.45) is 2.00. The molecular formula is C14H21BrClN. The molecule has 0 saturated heterocycles. The van der Waals surface area contributed by atoms with Gasteiger partial charge in [0.1, 0.15) is 0 Å². The molecule has 0 aliphatic rings. The van der Waals surface area contributed by atoms with Crippen molar-refractivity contribution in [3.63, 3.8) is 0 Å². The Morgan fingerprint density at radius 1 is 1.18 bits per heavy atom. The molecule has 1 unspecified atom stereocenters. The van der Waals surface area contributed by atoms with E-state index in [1.807, 2.05) is 25.1 Å². The van der Waals surface area contributed by atoms with Gasteiger partial charge >= 0.3 is 0 Å². The molecule has 1 aromatic rings. The Morgan fingerprint density at radius 3 is 2.24 bits per heavy atom. The standard InChI is InChI=1S/C14H21BrClN/c1-13(2,3)7-8-14(4,17)11-6-5-10(15)9-12(11)16/h5-6,9H,7-8,17H2,1-4H3. The predicted molar refractivity (Wildman–Crippen MR) is 79.4 cm³/mol. The third kappa shape index (κ3) is 4.61. The Hall–Kier alpha value is -0.0500. The van der Waals surface area contributed by atoms with Crippen molar-refractivity contribution in [3.05, 3.63) is 33.3 Å². The Morgan fingerprint density at radius 2 is 1.76 bits per heavy atom. The van der Waals surface area contributed by atoms with Crippen LogP contribution in [0.2, 0.25) is 5.02 Å². The third-order valence-electron chi connectivity index (χ3n) is 2.94. The van der Waals surface area contributed by atoms with Gasteiger partial charge in [-0.15, -0.1) is 0 Å². The van der Waals surface area contributed by atoms with Crippen LogP contribution >= 0.6 is 27.5 Å². The van der Waals surface area contributed by atoms with Crippen molar-refractivity contribution in [3.8, 4) is 0 Å². The first-order valence-corrected chi connectivity index (χ1v) is 7.03. The van der Waals surface area contributed by atoms with Gasteiger partial charge in [0.2, 0.25) is 0 Å². The van der Waals surface area contributed by atoms with Gasteiger partial charge in [-0.2, -0.15) is 0 Å². The van der Waals surface area contributed by atoms with E-state index in [4.69, 9.17) is 17.3 Å². The summed E-state index contributed by atoms with van der Waals surface area (Å²) < 4.78 is 0.984. The quantitative estimate of drug-likeness (QED) is 0.824. The highest BCUT2D eigenvalue weighted by molar-refractivity contribution is 9.10. The molecule has 17 heavy (non-hydrogen) atoms. The molecule has 3 heteroatoms. The molecule has 0 aliphatic heterocycles. The zero-order chi connectivity index (χ0) is 13.3. The third-order valence-corrected chi connectivity index (χ3v) is 3.75. The monoisotopic (exact) mass is 317 g/mol. The molecule has 0 heterocycles. The highest BCUT2D eigenvalue weighted by Gasteiger charge is 2.26. The summed E-state index contributed by atoms with van der Waals surface area (Å²) >= 11 is 9.66. The summed E-state index contributed by atoms with van der Waals surface area (Å²) in [6.45, 7) is 8.73. The van der Waals surface area contributed by atoms with Crippen LogP contribution in [0.4, 0.5) is 0 Å². The van der Waals surface area contributed by atoms with Crippen molar-refractivity contribution < 1.29 is 0 Å². The minimum atomic E-state index is -0.370. The van der Waals surface area contributed by atoms with Gasteiger partial charge in [0.15, 0.2) is 0 Å². The van der Waals surface area contributed by atoms with E-state index in [0.29, 0.717) is 5.41 Å². The molecule has 0 saturated carbocycles. The van der Waals surface area contributed by atoms with Gasteiger partial charge in [-0.1, -0.05) is 54.4 Å². The maximum Gasteiger partial charge on any atom is 0.0467 e. The fourth-order valence-electron chi connectivity index (χ4n) is 1.72. The Balaban J connectivity index is 2.89. The Labute approximate surface area is 118 Å². The van der Waals surface area contributed by atoms with E-state index in [0.717, 1.165) is 27.9 Å². The number of halogens is 2. The Bertz CT molecular complexity index is 394. The molecule has 1 atom stereocenters. The van der Waals surface area contributed by atoms with Crippen LogP contribution in [0.5, 0.6) is 0 Å². The highest BCUT2D eigenvalue weighted by Crippen LogP contribution is 2.34. The van der Waals surface area contributed by atoms with Crippen LogP contribution in [0.15, 0.2) is 22.7 Å². The second kappa shape index (κ2) is 5.29. The van der Waals surface area contributed by atoms with Gasteiger partial charge in [0.05, 0.1) is 0 Å². The van der Waals surface area contributed by atoms with Crippen molar-refractivity contribution in [2.24, 2.45) is 11.1 Å². The average molecular weight is 319 g/mol. The lowest BCUT2D eigenvalue weighted by atomic mass is 9.81. The van der Waals surface area contributed by atoms with Gasteiger partial charge < -0.3 is 5.73 Å². The minimum Gasteiger partial charge on any atom is -0.322 e. The van der Waals surface area contributed by atoms with E-state index in [-0.39, 0.29) is 5.54 Å². The molecule has 0 fully saturated rings. The van der Waals surface area contributed by atoms with Crippen LogP contribution in [-0.4, -0.2) is 0 Å². The molecule has 0 amide bonds. The fourth-order valence-corrected chi connectivity index (χ4v) is 2.61. The lowest BCUT2D eigenvalue weighted by Gasteiger charge is -2.30. The van der Waals surface area contributed by atoms with Crippen molar-refractivity contribution in [2.75, 3.05) is 0 Å². The lowest BCUT2D eigenvalue weighted by Crippen LogP contribution is -2.34. The minimum absolute atomic E-state index is 0.294. The SMILES string of the molecule is CC(C)(C)CCC(C)(N)c1ccc(Br)cc1Cl. The van der Waals surface area contributed by atoms with E-state index in [1.165, 1.54) is 0 Å². The maximum absolute atomic E-state index is 6.40.